The molecular weight excluding hydrogens is 376 g/mol. The van der Waals surface area contributed by atoms with Crippen molar-refractivity contribution >= 4 is 28.8 Å². The molecule has 3 heterocycles. The molecule has 0 spiro atoms. The molecule has 154 valence electrons. The molecule has 1 aromatic carbocycles. The molecular formula is C23H26N6O. The molecule has 0 radical (unpaired) electrons. The summed E-state index contributed by atoms with van der Waals surface area (Å²) in [6.45, 7) is 9.02. The molecule has 1 amide bonds. The van der Waals surface area contributed by atoms with E-state index in [1.807, 2.05) is 42.2 Å². The van der Waals surface area contributed by atoms with Gasteiger partial charge in [-0.3, -0.25) is 9.78 Å². The van der Waals surface area contributed by atoms with Gasteiger partial charge in [0.2, 0.25) is 5.91 Å². The topological polar surface area (TPSA) is 75.1 Å². The Morgan fingerprint density at radius 1 is 1.03 bits per heavy atom. The first-order valence-corrected chi connectivity index (χ1v) is 10.3. The summed E-state index contributed by atoms with van der Waals surface area (Å²) in [4.78, 5) is 34.9. The molecule has 3 aromatic rings. The third-order valence-corrected chi connectivity index (χ3v) is 5.15. The van der Waals surface area contributed by atoms with E-state index in [2.05, 4.69) is 33.7 Å². The van der Waals surface area contributed by atoms with Crippen LogP contribution in [0.15, 0.2) is 42.6 Å². The number of aromatic nitrogens is 4. The molecule has 30 heavy (non-hydrogen) atoms. The van der Waals surface area contributed by atoms with Gasteiger partial charge in [-0.2, -0.15) is 0 Å². The van der Waals surface area contributed by atoms with E-state index in [1.165, 1.54) is 0 Å². The lowest BCUT2D eigenvalue weighted by atomic mass is 10.2. The van der Waals surface area contributed by atoms with E-state index >= 15 is 0 Å². The number of benzene rings is 1. The van der Waals surface area contributed by atoms with E-state index in [4.69, 9.17) is 4.98 Å². The number of rotatable bonds is 4. The van der Waals surface area contributed by atoms with E-state index in [0.717, 1.165) is 41.5 Å². The van der Waals surface area contributed by atoms with Crippen LogP contribution in [0.5, 0.6) is 0 Å². The van der Waals surface area contributed by atoms with Gasteiger partial charge in [0.05, 0.1) is 22.9 Å². The van der Waals surface area contributed by atoms with Crippen LogP contribution in [0.1, 0.15) is 37.0 Å². The van der Waals surface area contributed by atoms with E-state index < -0.39 is 0 Å². The number of piperazine rings is 1. The maximum atomic E-state index is 12.6. The van der Waals surface area contributed by atoms with Crippen LogP contribution in [0.25, 0.3) is 17.1 Å². The van der Waals surface area contributed by atoms with Crippen LogP contribution in [0.3, 0.4) is 0 Å². The van der Waals surface area contributed by atoms with Gasteiger partial charge in [0.1, 0.15) is 11.6 Å². The number of hydrogen-bond donors (Lipinski definition) is 0. The summed E-state index contributed by atoms with van der Waals surface area (Å²) in [6.07, 6.45) is 5.00. The summed E-state index contributed by atoms with van der Waals surface area (Å²) >= 11 is 0. The number of anilines is 1. The predicted octanol–water partition coefficient (Wildman–Crippen LogP) is 3.21. The van der Waals surface area contributed by atoms with Crippen molar-refractivity contribution in [3.05, 3.63) is 59.8 Å². The lowest BCUT2D eigenvalue weighted by Gasteiger charge is -2.35. The minimum Gasteiger partial charge on any atom is -0.353 e. The quantitative estimate of drug-likeness (QED) is 0.624. The minimum atomic E-state index is -0.00801. The number of fused-ring (bicyclic) bond motifs is 1. The van der Waals surface area contributed by atoms with E-state index in [0.29, 0.717) is 18.8 Å². The Labute approximate surface area is 176 Å². The van der Waals surface area contributed by atoms with Crippen LogP contribution in [0, 0.1) is 6.92 Å². The summed E-state index contributed by atoms with van der Waals surface area (Å²) in [5.41, 5.74) is 3.32. The van der Waals surface area contributed by atoms with Crippen molar-refractivity contribution in [1.29, 1.82) is 0 Å². The second-order valence-electron chi connectivity index (χ2n) is 7.81. The zero-order chi connectivity index (χ0) is 21.1. The van der Waals surface area contributed by atoms with Crippen molar-refractivity contribution < 1.29 is 4.79 Å². The second-order valence-corrected chi connectivity index (χ2v) is 7.81. The molecule has 0 atom stereocenters. The number of amides is 1. The van der Waals surface area contributed by atoms with Gasteiger partial charge in [-0.15, -0.1) is 0 Å². The van der Waals surface area contributed by atoms with Gasteiger partial charge >= 0.3 is 0 Å². The minimum absolute atomic E-state index is 0.00801. The molecule has 0 aliphatic carbocycles. The Morgan fingerprint density at radius 3 is 2.50 bits per heavy atom. The van der Waals surface area contributed by atoms with Crippen LogP contribution in [0.4, 0.5) is 5.82 Å². The lowest BCUT2D eigenvalue weighted by Crippen LogP contribution is -2.48. The van der Waals surface area contributed by atoms with E-state index in [1.54, 1.807) is 18.3 Å². The van der Waals surface area contributed by atoms with Crippen molar-refractivity contribution in [3.8, 4) is 0 Å². The summed E-state index contributed by atoms with van der Waals surface area (Å²) in [5.74, 6) is 2.09. The highest BCUT2D eigenvalue weighted by atomic mass is 16.2. The average Bonchev–Trinajstić information content (AvgIpc) is 2.77. The van der Waals surface area contributed by atoms with E-state index in [9.17, 15) is 4.79 Å². The number of carbonyl (C=O) groups excluding carboxylic acids is 1. The van der Waals surface area contributed by atoms with Gasteiger partial charge in [-0.25, -0.2) is 15.0 Å². The standard InChI is InChI=1S/C23H26N6O/c1-16(2)23-25-17(3)14-21(27-23)28-10-12-29(13-11-28)22(30)9-8-18-15-24-19-6-4-5-7-20(19)26-18/h4-9,14-16H,10-13H2,1-3H3/b9-8+. The molecule has 1 aliphatic heterocycles. The van der Waals surface area contributed by atoms with Gasteiger partial charge in [0.15, 0.2) is 0 Å². The predicted molar refractivity (Wildman–Crippen MR) is 118 cm³/mol. The van der Waals surface area contributed by atoms with Gasteiger partial charge in [-0.1, -0.05) is 26.0 Å². The highest BCUT2D eigenvalue weighted by Crippen LogP contribution is 2.19. The summed E-state index contributed by atoms with van der Waals surface area (Å²) in [5, 5.41) is 0. The molecule has 0 N–H and O–H groups in total. The Bertz CT molecular complexity index is 1090. The smallest absolute Gasteiger partial charge is 0.246 e. The Balaban J connectivity index is 1.39. The maximum absolute atomic E-state index is 12.6. The number of aryl methyl sites for hydroxylation is 1. The fraction of sp³-hybridized carbons (Fsp3) is 0.348. The highest BCUT2D eigenvalue weighted by Gasteiger charge is 2.21. The lowest BCUT2D eigenvalue weighted by molar-refractivity contribution is -0.126. The zero-order valence-corrected chi connectivity index (χ0v) is 17.6. The van der Waals surface area contributed by atoms with Crippen LogP contribution in [0.2, 0.25) is 0 Å². The SMILES string of the molecule is Cc1cc(N2CCN(C(=O)/C=C/c3cnc4ccccc4n3)CC2)nc(C(C)C)n1. The maximum Gasteiger partial charge on any atom is 0.246 e. The molecule has 0 unspecified atom stereocenters. The molecule has 4 rings (SSSR count). The van der Waals surface area contributed by atoms with Crippen LogP contribution in [-0.4, -0.2) is 56.9 Å². The number of para-hydroxylation sites is 2. The first-order chi connectivity index (χ1) is 14.5. The third kappa shape index (κ3) is 4.45. The first-order valence-electron chi connectivity index (χ1n) is 10.3. The van der Waals surface area contributed by atoms with Gasteiger partial charge in [-0.05, 0) is 25.1 Å². The van der Waals surface area contributed by atoms with Gasteiger partial charge < -0.3 is 9.80 Å². The Kier molecular flexibility index (Phi) is 5.70. The van der Waals surface area contributed by atoms with E-state index in [-0.39, 0.29) is 11.8 Å². The second kappa shape index (κ2) is 8.57. The van der Waals surface area contributed by atoms with Crippen molar-refractivity contribution in [3.63, 3.8) is 0 Å². The summed E-state index contributed by atoms with van der Waals surface area (Å²) < 4.78 is 0. The molecule has 0 saturated carbocycles. The first kappa shape index (κ1) is 19.9. The molecule has 7 nitrogen and oxygen atoms in total. The monoisotopic (exact) mass is 402 g/mol. The fourth-order valence-electron chi connectivity index (χ4n) is 3.46. The van der Waals surface area contributed by atoms with Crippen molar-refractivity contribution in [2.24, 2.45) is 0 Å². The van der Waals surface area contributed by atoms with Crippen molar-refractivity contribution in [1.82, 2.24) is 24.8 Å². The number of nitrogens with zero attached hydrogens (tertiary/aromatic N) is 6. The molecule has 1 aliphatic rings. The normalized spacial score (nSPS) is 14.8. The van der Waals surface area contributed by atoms with Gasteiger partial charge in [0, 0.05) is 49.9 Å². The highest BCUT2D eigenvalue weighted by molar-refractivity contribution is 5.92. The fourth-order valence-corrected chi connectivity index (χ4v) is 3.46. The molecule has 2 aromatic heterocycles. The molecule has 0 bridgehead atoms. The molecule has 7 heteroatoms. The molecule has 1 saturated heterocycles. The third-order valence-electron chi connectivity index (χ3n) is 5.15. The molecule has 1 fully saturated rings. The summed E-state index contributed by atoms with van der Waals surface area (Å²) in [7, 11) is 0. The average molecular weight is 403 g/mol. The van der Waals surface area contributed by atoms with Crippen molar-refractivity contribution in [2.45, 2.75) is 26.7 Å². The van der Waals surface area contributed by atoms with Crippen LogP contribution >= 0.6 is 0 Å². The summed E-state index contributed by atoms with van der Waals surface area (Å²) in [6, 6.07) is 9.71. The Hall–Kier alpha value is -3.35. The largest absolute Gasteiger partial charge is 0.353 e. The Morgan fingerprint density at radius 2 is 1.77 bits per heavy atom. The van der Waals surface area contributed by atoms with Crippen LogP contribution in [-0.2, 0) is 4.79 Å². The van der Waals surface area contributed by atoms with Crippen LogP contribution < -0.4 is 4.90 Å². The zero-order valence-electron chi connectivity index (χ0n) is 17.6. The number of carbonyl (C=O) groups is 1. The number of hydrogen-bond acceptors (Lipinski definition) is 6. The van der Waals surface area contributed by atoms with Gasteiger partial charge in [0.25, 0.3) is 0 Å². The van der Waals surface area contributed by atoms with Crippen molar-refractivity contribution in [2.75, 3.05) is 31.1 Å².